The number of halogens is 3. The summed E-state index contributed by atoms with van der Waals surface area (Å²) < 4.78 is 60.4. The number of pyridine rings is 1. The lowest BCUT2D eigenvalue weighted by molar-refractivity contribution is 0.103. The number of hydrogen-bond donors (Lipinski definition) is 2. The maximum Gasteiger partial charge on any atom is 0.232 e. The number of fused-ring (bicyclic) bond motifs is 1. The molecule has 0 saturated heterocycles. The van der Waals surface area contributed by atoms with Gasteiger partial charge in [0.15, 0.2) is 11.6 Å². The molecular formula is C18H16ClF2N3O4S. The first-order valence-electron chi connectivity index (χ1n) is 8.43. The van der Waals surface area contributed by atoms with Gasteiger partial charge < -0.3 is 9.72 Å². The SMILES string of the molecule is CCCS(=O)(=O)Nc1ccc(F)c(C(=O)c2c[nH]c3ncc(Cl)c(OC)c23)c1F. The summed E-state index contributed by atoms with van der Waals surface area (Å²) in [5.41, 5.74) is -1.33. The van der Waals surface area contributed by atoms with Crippen molar-refractivity contribution in [2.75, 3.05) is 17.6 Å². The lowest BCUT2D eigenvalue weighted by atomic mass is 10.0. The summed E-state index contributed by atoms with van der Waals surface area (Å²) in [6.45, 7) is 1.64. The Labute approximate surface area is 170 Å². The predicted octanol–water partition coefficient (Wildman–Crippen LogP) is 3.89. The highest BCUT2D eigenvalue weighted by molar-refractivity contribution is 7.92. The normalized spacial score (nSPS) is 11.6. The molecule has 29 heavy (non-hydrogen) atoms. The molecule has 0 amide bonds. The Kier molecular flexibility index (Phi) is 5.76. The second-order valence-electron chi connectivity index (χ2n) is 6.10. The third-order valence-corrected chi connectivity index (χ3v) is 5.86. The van der Waals surface area contributed by atoms with E-state index in [-0.39, 0.29) is 33.1 Å². The van der Waals surface area contributed by atoms with Gasteiger partial charge in [0, 0.05) is 6.20 Å². The van der Waals surface area contributed by atoms with Gasteiger partial charge in [0.05, 0.1) is 41.3 Å². The Morgan fingerprint density at radius 3 is 2.72 bits per heavy atom. The Bertz CT molecular complexity index is 1210. The molecule has 0 radical (unpaired) electrons. The number of sulfonamides is 1. The van der Waals surface area contributed by atoms with Gasteiger partial charge in [-0.3, -0.25) is 9.52 Å². The maximum absolute atomic E-state index is 14.9. The number of aromatic amines is 1. The highest BCUT2D eigenvalue weighted by atomic mass is 35.5. The molecule has 0 aliphatic carbocycles. The number of carbonyl (C=O) groups is 1. The quantitative estimate of drug-likeness (QED) is 0.539. The van der Waals surface area contributed by atoms with Gasteiger partial charge in [0.1, 0.15) is 16.5 Å². The summed E-state index contributed by atoms with van der Waals surface area (Å²) in [5, 5.41) is 0.261. The van der Waals surface area contributed by atoms with Gasteiger partial charge >= 0.3 is 0 Å². The van der Waals surface area contributed by atoms with Crippen LogP contribution in [-0.4, -0.2) is 37.0 Å². The van der Waals surface area contributed by atoms with E-state index in [1.807, 2.05) is 4.72 Å². The van der Waals surface area contributed by atoms with Crippen molar-refractivity contribution in [1.29, 1.82) is 0 Å². The van der Waals surface area contributed by atoms with E-state index in [2.05, 4.69) is 9.97 Å². The number of H-pyrrole nitrogens is 1. The highest BCUT2D eigenvalue weighted by Gasteiger charge is 2.27. The van der Waals surface area contributed by atoms with Crippen LogP contribution in [0.1, 0.15) is 29.3 Å². The van der Waals surface area contributed by atoms with Crippen molar-refractivity contribution >= 4 is 44.1 Å². The molecule has 0 aliphatic heterocycles. The molecule has 7 nitrogen and oxygen atoms in total. The molecule has 0 bridgehead atoms. The van der Waals surface area contributed by atoms with E-state index in [1.54, 1.807) is 6.92 Å². The van der Waals surface area contributed by atoms with Crippen LogP contribution in [0.4, 0.5) is 14.5 Å². The smallest absolute Gasteiger partial charge is 0.232 e. The predicted molar refractivity (Wildman–Crippen MR) is 105 cm³/mol. The maximum atomic E-state index is 14.9. The Balaban J connectivity index is 2.15. The minimum Gasteiger partial charge on any atom is -0.494 e. The first-order valence-corrected chi connectivity index (χ1v) is 10.5. The summed E-state index contributed by atoms with van der Waals surface area (Å²) in [4.78, 5) is 19.7. The average molecular weight is 444 g/mol. The van der Waals surface area contributed by atoms with E-state index >= 15 is 0 Å². The standard InChI is InChI=1S/C18H16ClF2N3O4S/c1-3-6-29(26,27)24-12-5-4-11(20)14(15(12)21)16(25)9-7-22-18-13(9)17(28-2)10(19)8-23-18/h4-5,7-8,24H,3,6H2,1-2H3,(H,22,23). The van der Waals surface area contributed by atoms with Crippen molar-refractivity contribution in [3.63, 3.8) is 0 Å². The van der Waals surface area contributed by atoms with Gasteiger partial charge in [-0.25, -0.2) is 22.2 Å². The molecule has 154 valence electrons. The first-order chi connectivity index (χ1) is 13.7. The van der Waals surface area contributed by atoms with Crippen LogP contribution in [-0.2, 0) is 10.0 Å². The van der Waals surface area contributed by atoms with Crippen LogP contribution >= 0.6 is 11.6 Å². The van der Waals surface area contributed by atoms with Gasteiger partial charge in [0.25, 0.3) is 0 Å². The molecule has 0 atom stereocenters. The molecule has 2 N–H and O–H groups in total. The molecule has 0 saturated carbocycles. The number of rotatable bonds is 7. The number of carbonyl (C=O) groups excluding carboxylic acids is 1. The van der Waals surface area contributed by atoms with Gasteiger partial charge in [-0.2, -0.15) is 0 Å². The van der Waals surface area contributed by atoms with Crippen LogP contribution < -0.4 is 9.46 Å². The van der Waals surface area contributed by atoms with Gasteiger partial charge in [-0.05, 0) is 18.6 Å². The number of aromatic nitrogens is 2. The van der Waals surface area contributed by atoms with E-state index in [0.29, 0.717) is 6.42 Å². The summed E-state index contributed by atoms with van der Waals surface area (Å²) in [5.74, 6) is -3.63. The third kappa shape index (κ3) is 3.90. The zero-order chi connectivity index (χ0) is 21.3. The van der Waals surface area contributed by atoms with Crippen molar-refractivity contribution in [2.45, 2.75) is 13.3 Å². The summed E-state index contributed by atoms with van der Waals surface area (Å²) in [6, 6.07) is 1.74. The number of ketones is 1. The number of benzene rings is 1. The lowest BCUT2D eigenvalue weighted by Crippen LogP contribution is -2.18. The number of ether oxygens (including phenoxy) is 1. The molecule has 0 aliphatic rings. The van der Waals surface area contributed by atoms with E-state index in [1.165, 1.54) is 19.5 Å². The largest absolute Gasteiger partial charge is 0.494 e. The molecule has 2 heterocycles. The second kappa shape index (κ2) is 7.96. The number of hydrogen-bond acceptors (Lipinski definition) is 5. The summed E-state index contributed by atoms with van der Waals surface area (Å²) in [7, 11) is -2.52. The fourth-order valence-electron chi connectivity index (χ4n) is 2.88. The minimum absolute atomic E-state index is 0.107. The number of nitrogens with one attached hydrogen (secondary N) is 2. The molecule has 1 aromatic carbocycles. The molecule has 3 rings (SSSR count). The second-order valence-corrected chi connectivity index (χ2v) is 8.35. The topological polar surface area (TPSA) is 101 Å². The van der Waals surface area contributed by atoms with E-state index in [0.717, 1.165) is 12.1 Å². The van der Waals surface area contributed by atoms with Crippen LogP contribution in [0.15, 0.2) is 24.5 Å². The minimum atomic E-state index is -3.84. The lowest BCUT2D eigenvalue weighted by Gasteiger charge is -2.12. The Morgan fingerprint density at radius 1 is 1.34 bits per heavy atom. The van der Waals surface area contributed by atoms with Crippen molar-refractivity contribution in [2.24, 2.45) is 0 Å². The van der Waals surface area contributed by atoms with E-state index < -0.39 is 38.7 Å². The molecular weight excluding hydrogens is 428 g/mol. The van der Waals surface area contributed by atoms with Crippen LogP contribution in [0.25, 0.3) is 11.0 Å². The molecule has 0 fully saturated rings. The Hall–Kier alpha value is -2.72. The summed E-state index contributed by atoms with van der Waals surface area (Å²) >= 11 is 6.04. The van der Waals surface area contributed by atoms with E-state index in [4.69, 9.17) is 16.3 Å². The van der Waals surface area contributed by atoms with Crippen LogP contribution in [0.3, 0.4) is 0 Å². The van der Waals surface area contributed by atoms with Gasteiger partial charge in [0.2, 0.25) is 15.8 Å². The molecule has 11 heteroatoms. The van der Waals surface area contributed by atoms with Crippen molar-refractivity contribution in [3.8, 4) is 5.75 Å². The Morgan fingerprint density at radius 2 is 2.07 bits per heavy atom. The number of nitrogens with zero attached hydrogens (tertiary/aromatic N) is 1. The van der Waals surface area contributed by atoms with E-state index in [9.17, 15) is 22.0 Å². The summed E-state index contributed by atoms with van der Waals surface area (Å²) in [6.07, 6.45) is 2.83. The molecule has 0 spiro atoms. The monoisotopic (exact) mass is 443 g/mol. The fraction of sp³-hybridized carbons (Fsp3) is 0.222. The molecule has 0 unspecified atom stereocenters. The fourth-order valence-corrected chi connectivity index (χ4v) is 4.24. The highest BCUT2D eigenvalue weighted by Crippen LogP contribution is 2.36. The van der Waals surface area contributed by atoms with Crippen LogP contribution in [0.2, 0.25) is 5.02 Å². The zero-order valence-corrected chi connectivity index (χ0v) is 16.9. The molecule has 2 aromatic heterocycles. The van der Waals surface area contributed by atoms with Crippen molar-refractivity contribution in [1.82, 2.24) is 9.97 Å². The van der Waals surface area contributed by atoms with Crippen molar-refractivity contribution < 1.29 is 26.7 Å². The van der Waals surface area contributed by atoms with Crippen molar-refractivity contribution in [3.05, 3.63) is 52.3 Å². The molecule has 3 aromatic rings. The number of anilines is 1. The van der Waals surface area contributed by atoms with Gasteiger partial charge in [-0.15, -0.1) is 0 Å². The third-order valence-electron chi connectivity index (χ3n) is 4.12. The number of methoxy groups -OCH3 is 1. The average Bonchev–Trinajstić information content (AvgIpc) is 3.08. The van der Waals surface area contributed by atoms with Crippen LogP contribution in [0.5, 0.6) is 5.75 Å². The van der Waals surface area contributed by atoms with Crippen LogP contribution in [0, 0.1) is 11.6 Å². The first kappa shape index (κ1) is 21.0. The zero-order valence-electron chi connectivity index (χ0n) is 15.3. The van der Waals surface area contributed by atoms with Gasteiger partial charge in [-0.1, -0.05) is 18.5 Å².